The molecule has 0 aliphatic heterocycles. The largest absolute Gasteiger partial charge is 0.543 e. The first kappa shape index (κ1) is 19.6. The van der Waals surface area contributed by atoms with E-state index in [-0.39, 0.29) is 5.04 Å². The average Bonchev–Trinajstić information content (AvgIpc) is 3.08. The molecule has 0 radical (unpaired) electrons. The molecule has 0 N–H and O–H groups in total. The summed E-state index contributed by atoms with van der Waals surface area (Å²) in [5.41, 5.74) is 6.09. The third kappa shape index (κ3) is 3.93. The van der Waals surface area contributed by atoms with Crippen molar-refractivity contribution >= 4 is 20.7 Å². The molecule has 0 bridgehead atoms. The first-order valence-electron chi connectivity index (χ1n) is 9.79. The Labute approximate surface area is 164 Å². The first-order valence-corrected chi connectivity index (χ1v) is 12.7. The van der Waals surface area contributed by atoms with Crippen molar-refractivity contribution in [3.8, 4) is 16.9 Å². The van der Waals surface area contributed by atoms with Crippen LogP contribution in [0.25, 0.3) is 17.2 Å². The molecule has 0 aromatic heterocycles. The highest BCUT2D eigenvalue weighted by Crippen LogP contribution is 2.45. The van der Waals surface area contributed by atoms with Crippen LogP contribution in [0.15, 0.2) is 42.5 Å². The van der Waals surface area contributed by atoms with Crippen LogP contribution in [0.4, 0.5) is 0 Å². The molecule has 142 valence electrons. The number of allylic oxidation sites excluding steroid dienone is 1. The minimum absolute atomic E-state index is 0.118. The Hall–Kier alpha value is -2.13. The van der Waals surface area contributed by atoms with Crippen LogP contribution in [0.5, 0.6) is 5.75 Å². The lowest BCUT2D eigenvalue weighted by Gasteiger charge is -2.38. The number of aryl methyl sites for hydroxylation is 1. The predicted molar refractivity (Wildman–Crippen MR) is 117 cm³/mol. The van der Waals surface area contributed by atoms with Gasteiger partial charge in [-0.25, -0.2) is 0 Å². The van der Waals surface area contributed by atoms with Gasteiger partial charge in [-0.3, -0.25) is 4.79 Å². The highest BCUT2D eigenvalue weighted by Gasteiger charge is 2.40. The number of carbonyl (C=O) groups excluding carboxylic acids is 1. The van der Waals surface area contributed by atoms with E-state index in [0.717, 1.165) is 48.0 Å². The second-order valence-electron chi connectivity index (χ2n) is 8.88. The maximum atomic E-state index is 11.1. The Morgan fingerprint density at radius 3 is 2.41 bits per heavy atom. The van der Waals surface area contributed by atoms with Crippen molar-refractivity contribution in [2.75, 3.05) is 0 Å². The molecule has 0 amide bonds. The summed E-state index contributed by atoms with van der Waals surface area (Å²) in [7, 11) is -2.01. The van der Waals surface area contributed by atoms with Gasteiger partial charge >= 0.3 is 0 Å². The second-order valence-corrected chi connectivity index (χ2v) is 13.6. The standard InChI is InChI=1S/C24H30O2Si/c1-24(2,3)27(4,5)26-23-20-14-9-13-19(20)17-22(21(23)15-10-16-25)18-11-7-6-8-12-18/h6-8,10-12,15-17H,9,13-14H2,1-5H3/b15-10-. The zero-order valence-corrected chi connectivity index (χ0v) is 18.1. The molecule has 2 nitrogen and oxygen atoms in total. The van der Waals surface area contributed by atoms with Gasteiger partial charge in [-0.2, -0.15) is 0 Å². The number of carbonyl (C=O) groups is 1. The third-order valence-electron chi connectivity index (χ3n) is 5.98. The fourth-order valence-corrected chi connectivity index (χ4v) is 4.45. The van der Waals surface area contributed by atoms with Crippen LogP contribution in [-0.2, 0) is 17.6 Å². The highest BCUT2D eigenvalue weighted by atomic mass is 28.4. The summed E-state index contributed by atoms with van der Waals surface area (Å²) in [5, 5.41) is 0.118. The molecule has 0 saturated carbocycles. The van der Waals surface area contributed by atoms with Gasteiger partial charge in [-0.15, -0.1) is 0 Å². The van der Waals surface area contributed by atoms with Crippen LogP contribution >= 0.6 is 0 Å². The van der Waals surface area contributed by atoms with Crippen molar-refractivity contribution < 1.29 is 9.22 Å². The minimum atomic E-state index is -2.01. The van der Waals surface area contributed by atoms with Gasteiger partial charge in [0.05, 0.1) is 0 Å². The van der Waals surface area contributed by atoms with E-state index < -0.39 is 8.32 Å². The number of hydrogen-bond acceptors (Lipinski definition) is 2. The Bertz CT molecular complexity index is 858. The molecule has 0 saturated heterocycles. The van der Waals surface area contributed by atoms with E-state index >= 15 is 0 Å². The van der Waals surface area contributed by atoms with Crippen molar-refractivity contribution in [1.29, 1.82) is 0 Å². The SMILES string of the molecule is CC(C)(C)[Si](C)(C)Oc1c(/C=C\C=O)c(-c2ccccc2)cc2c1CCC2. The van der Waals surface area contributed by atoms with Gasteiger partial charge in [0.1, 0.15) is 12.0 Å². The Morgan fingerprint density at radius 2 is 1.78 bits per heavy atom. The van der Waals surface area contributed by atoms with E-state index in [1.54, 1.807) is 6.08 Å². The van der Waals surface area contributed by atoms with E-state index in [1.807, 2.05) is 12.1 Å². The fraction of sp³-hybridized carbons (Fsp3) is 0.375. The Kier molecular flexibility index (Phi) is 5.43. The Morgan fingerprint density at radius 1 is 1.07 bits per heavy atom. The van der Waals surface area contributed by atoms with E-state index in [0.29, 0.717) is 0 Å². The maximum Gasteiger partial charge on any atom is 0.250 e. The quantitative estimate of drug-likeness (QED) is 0.340. The summed E-state index contributed by atoms with van der Waals surface area (Å²) in [6, 6.07) is 12.7. The maximum absolute atomic E-state index is 11.1. The number of hydrogen-bond donors (Lipinski definition) is 0. The molecule has 3 rings (SSSR count). The van der Waals surface area contributed by atoms with E-state index in [2.05, 4.69) is 64.2 Å². The molecule has 3 heteroatoms. The second kappa shape index (κ2) is 7.47. The molecule has 0 heterocycles. The molecule has 0 fully saturated rings. The van der Waals surface area contributed by atoms with Crippen LogP contribution < -0.4 is 4.43 Å². The minimum Gasteiger partial charge on any atom is -0.543 e. The lowest BCUT2D eigenvalue weighted by Crippen LogP contribution is -2.44. The van der Waals surface area contributed by atoms with Crippen LogP contribution in [0.3, 0.4) is 0 Å². The van der Waals surface area contributed by atoms with Gasteiger partial charge in [0.15, 0.2) is 0 Å². The number of fused-ring (bicyclic) bond motifs is 1. The van der Waals surface area contributed by atoms with E-state index in [1.165, 1.54) is 11.1 Å². The zero-order chi connectivity index (χ0) is 19.7. The summed E-state index contributed by atoms with van der Waals surface area (Å²) >= 11 is 0. The highest BCUT2D eigenvalue weighted by molar-refractivity contribution is 6.74. The normalized spacial score (nSPS) is 14.4. The van der Waals surface area contributed by atoms with Gasteiger partial charge in [-0.05, 0) is 71.8 Å². The van der Waals surface area contributed by atoms with Crippen molar-refractivity contribution in [3.05, 3.63) is 59.2 Å². The molecular weight excluding hydrogens is 348 g/mol. The van der Waals surface area contributed by atoms with Crippen molar-refractivity contribution in [3.63, 3.8) is 0 Å². The molecule has 0 spiro atoms. The van der Waals surface area contributed by atoms with Crippen molar-refractivity contribution in [2.45, 2.75) is 58.2 Å². The van der Waals surface area contributed by atoms with E-state index in [4.69, 9.17) is 4.43 Å². The lowest BCUT2D eigenvalue weighted by molar-refractivity contribution is -0.104. The molecule has 2 aromatic carbocycles. The topological polar surface area (TPSA) is 26.3 Å². The Balaban J connectivity index is 2.25. The molecule has 0 atom stereocenters. The smallest absolute Gasteiger partial charge is 0.250 e. The monoisotopic (exact) mass is 378 g/mol. The third-order valence-corrected chi connectivity index (χ3v) is 10.3. The molecule has 27 heavy (non-hydrogen) atoms. The fourth-order valence-electron chi connectivity index (χ4n) is 3.40. The summed E-state index contributed by atoms with van der Waals surface area (Å²) in [4.78, 5) is 11.1. The van der Waals surface area contributed by atoms with Crippen molar-refractivity contribution in [1.82, 2.24) is 0 Å². The van der Waals surface area contributed by atoms with Gasteiger partial charge in [0.25, 0.3) is 8.32 Å². The zero-order valence-electron chi connectivity index (χ0n) is 17.1. The lowest BCUT2D eigenvalue weighted by atomic mass is 9.93. The van der Waals surface area contributed by atoms with Crippen LogP contribution in [0.1, 0.15) is 43.9 Å². The van der Waals surface area contributed by atoms with Gasteiger partial charge in [0, 0.05) is 5.56 Å². The number of aldehydes is 1. The van der Waals surface area contributed by atoms with Gasteiger partial charge in [0.2, 0.25) is 0 Å². The molecule has 1 aliphatic rings. The number of rotatable bonds is 5. The summed E-state index contributed by atoms with van der Waals surface area (Å²) < 4.78 is 6.87. The van der Waals surface area contributed by atoms with E-state index in [9.17, 15) is 4.79 Å². The predicted octanol–water partition coefficient (Wildman–Crippen LogP) is 6.44. The van der Waals surface area contributed by atoms with Gasteiger partial charge < -0.3 is 4.43 Å². The molecular formula is C24H30O2Si. The van der Waals surface area contributed by atoms with Gasteiger partial charge in [-0.1, -0.05) is 57.2 Å². The average molecular weight is 379 g/mol. The summed E-state index contributed by atoms with van der Waals surface area (Å²) in [6.45, 7) is 11.4. The summed E-state index contributed by atoms with van der Waals surface area (Å²) in [5.74, 6) is 1.01. The summed E-state index contributed by atoms with van der Waals surface area (Å²) in [6.07, 6.45) is 7.67. The van der Waals surface area contributed by atoms with Crippen LogP contribution in [0.2, 0.25) is 18.1 Å². The molecule has 0 unspecified atom stereocenters. The molecule has 1 aliphatic carbocycles. The first-order chi connectivity index (χ1) is 12.7. The van der Waals surface area contributed by atoms with Crippen LogP contribution in [0, 0.1) is 0 Å². The van der Waals surface area contributed by atoms with Crippen molar-refractivity contribution in [2.24, 2.45) is 0 Å². The van der Waals surface area contributed by atoms with Crippen LogP contribution in [-0.4, -0.2) is 14.6 Å². The number of benzene rings is 2. The molecule has 2 aromatic rings.